The Hall–Kier alpha value is -0.860. The summed E-state index contributed by atoms with van der Waals surface area (Å²) in [6.07, 6.45) is 6.45. The maximum Gasteiger partial charge on any atom is 0.154 e. The highest BCUT2D eigenvalue weighted by Gasteiger charge is 2.14. The Morgan fingerprint density at radius 3 is 2.33 bits per heavy atom. The molecule has 18 heavy (non-hydrogen) atoms. The lowest BCUT2D eigenvalue weighted by atomic mass is 9.99. The van der Waals surface area contributed by atoms with Crippen molar-refractivity contribution in [3.8, 4) is 0 Å². The molecule has 0 bridgehead atoms. The van der Waals surface area contributed by atoms with Crippen molar-refractivity contribution in [2.24, 2.45) is 5.73 Å². The van der Waals surface area contributed by atoms with Crippen LogP contribution in [-0.4, -0.2) is 5.78 Å². The second-order valence-corrected chi connectivity index (χ2v) is 4.52. The number of hydrogen-bond donors (Lipinski definition) is 1. The van der Waals surface area contributed by atoms with Crippen LogP contribution >= 0.6 is 12.4 Å². The van der Waals surface area contributed by atoms with Gasteiger partial charge in [0.1, 0.15) is 0 Å². The van der Waals surface area contributed by atoms with Crippen molar-refractivity contribution in [2.75, 3.05) is 0 Å². The highest BCUT2D eigenvalue weighted by molar-refractivity contribution is 5.85. The van der Waals surface area contributed by atoms with Crippen LogP contribution in [0.25, 0.3) is 0 Å². The lowest BCUT2D eigenvalue weighted by Gasteiger charge is -2.10. The van der Waals surface area contributed by atoms with Gasteiger partial charge in [-0.1, -0.05) is 62.9 Å². The van der Waals surface area contributed by atoms with Crippen LogP contribution < -0.4 is 5.73 Å². The molecule has 0 spiro atoms. The summed E-state index contributed by atoms with van der Waals surface area (Å²) in [5, 5.41) is 0. The summed E-state index contributed by atoms with van der Waals surface area (Å²) in [5.74, 6) is 0.160. The molecular weight excluding hydrogens is 246 g/mol. The summed E-state index contributed by atoms with van der Waals surface area (Å²) in [6.45, 7) is 2.19. The molecule has 0 radical (unpaired) electrons. The average Bonchev–Trinajstić information content (AvgIpc) is 2.38. The van der Waals surface area contributed by atoms with Crippen molar-refractivity contribution in [1.29, 1.82) is 0 Å². The number of halogens is 1. The first-order valence-corrected chi connectivity index (χ1v) is 6.59. The van der Waals surface area contributed by atoms with Gasteiger partial charge in [0.2, 0.25) is 0 Å². The predicted molar refractivity (Wildman–Crippen MR) is 79.0 cm³/mol. The van der Waals surface area contributed by atoms with Crippen LogP contribution in [0.15, 0.2) is 30.3 Å². The van der Waals surface area contributed by atoms with Crippen LogP contribution in [0.4, 0.5) is 0 Å². The van der Waals surface area contributed by atoms with Gasteiger partial charge in [0.15, 0.2) is 5.78 Å². The smallest absolute Gasteiger partial charge is 0.154 e. The van der Waals surface area contributed by atoms with Crippen molar-refractivity contribution in [1.82, 2.24) is 0 Å². The van der Waals surface area contributed by atoms with Crippen LogP contribution in [0.2, 0.25) is 0 Å². The van der Waals surface area contributed by atoms with Gasteiger partial charge >= 0.3 is 0 Å². The quantitative estimate of drug-likeness (QED) is 0.724. The summed E-state index contributed by atoms with van der Waals surface area (Å²) in [7, 11) is 0. The fourth-order valence-corrected chi connectivity index (χ4v) is 1.90. The van der Waals surface area contributed by atoms with Crippen molar-refractivity contribution in [3.05, 3.63) is 35.9 Å². The van der Waals surface area contributed by atoms with Crippen LogP contribution in [-0.2, 0) is 4.79 Å². The molecule has 1 atom stereocenters. The van der Waals surface area contributed by atoms with Crippen LogP contribution in [0.1, 0.15) is 57.1 Å². The molecule has 1 aromatic carbocycles. The number of nitrogens with two attached hydrogens (primary N) is 1. The Bertz CT molecular complexity index is 327. The number of hydrogen-bond acceptors (Lipinski definition) is 2. The first-order valence-electron chi connectivity index (χ1n) is 6.59. The number of carbonyl (C=O) groups is 1. The van der Waals surface area contributed by atoms with Gasteiger partial charge in [0.25, 0.3) is 0 Å². The number of unbranched alkanes of at least 4 members (excludes halogenated alkanes) is 4. The molecule has 0 saturated heterocycles. The fraction of sp³-hybridized carbons (Fsp3) is 0.533. The van der Waals surface area contributed by atoms with Gasteiger partial charge < -0.3 is 5.73 Å². The van der Waals surface area contributed by atoms with E-state index in [4.69, 9.17) is 5.73 Å². The van der Waals surface area contributed by atoms with Gasteiger partial charge in [-0.2, -0.15) is 0 Å². The third-order valence-electron chi connectivity index (χ3n) is 3.03. The van der Waals surface area contributed by atoms with Gasteiger partial charge in [0.05, 0.1) is 6.04 Å². The van der Waals surface area contributed by atoms with Crippen LogP contribution in [0.5, 0.6) is 0 Å². The number of carbonyl (C=O) groups excluding carboxylic acids is 1. The minimum absolute atomic E-state index is 0. The first-order chi connectivity index (χ1) is 8.25. The van der Waals surface area contributed by atoms with E-state index in [0.29, 0.717) is 6.42 Å². The molecule has 0 aliphatic heterocycles. The van der Waals surface area contributed by atoms with Gasteiger partial charge in [-0.15, -0.1) is 12.4 Å². The van der Waals surface area contributed by atoms with Crippen molar-refractivity contribution in [3.63, 3.8) is 0 Å². The molecule has 0 aliphatic carbocycles. The van der Waals surface area contributed by atoms with Crippen molar-refractivity contribution >= 4 is 18.2 Å². The normalized spacial score (nSPS) is 11.7. The second-order valence-electron chi connectivity index (χ2n) is 4.52. The Balaban J connectivity index is 0.00000289. The zero-order valence-corrected chi connectivity index (χ0v) is 11.9. The van der Waals surface area contributed by atoms with E-state index in [9.17, 15) is 4.79 Å². The number of Topliss-reactive ketones (excluding diaryl/α,β-unsaturated/α-hetero) is 1. The summed E-state index contributed by atoms with van der Waals surface area (Å²) in [4.78, 5) is 11.9. The molecular formula is C15H24ClNO. The second kappa shape index (κ2) is 10.1. The molecule has 102 valence electrons. The van der Waals surface area contributed by atoms with Gasteiger partial charge in [-0.3, -0.25) is 4.79 Å². The van der Waals surface area contributed by atoms with Crippen LogP contribution in [0, 0.1) is 0 Å². The maximum absolute atomic E-state index is 11.9. The Kier molecular flexibility index (Phi) is 9.62. The summed E-state index contributed by atoms with van der Waals surface area (Å²) in [5.41, 5.74) is 6.85. The molecule has 1 rings (SSSR count). The lowest BCUT2D eigenvalue weighted by molar-refractivity contribution is -0.120. The Morgan fingerprint density at radius 1 is 1.11 bits per heavy atom. The van der Waals surface area contributed by atoms with E-state index in [1.807, 2.05) is 30.3 Å². The molecule has 2 nitrogen and oxygen atoms in total. The van der Waals surface area contributed by atoms with E-state index in [1.54, 1.807) is 0 Å². The zero-order chi connectivity index (χ0) is 12.5. The summed E-state index contributed by atoms with van der Waals surface area (Å²) in [6, 6.07) is 9.17. The number of benzene rings is 1. The Morgan fingerprint density at radius 2 is 1.72 bits per heavy atom. The standard InChI is InChI=1S/C15H23NO.ClH/c1-2-3-4-5-9-12-14(17)15(16)13-10-7-6-8-11-13;/h6-8,10-11,15H,2-5,9,12,16H2,1H3;1H. The fourth-order valence-electron chi connectivity index (χ4n) is 1.90. The maximum atomic E-state index is 11.9. The molecule has 0 amide bonds. The van der Waals surface area contributed by atoms with Crippen molar-refractivity contribution in [2.45, 2.75) is 51.5 Å². The minimum Gasteiger partial charge on any atom is -0.318 e. The SMILES string of the molecule is CCCCCCCC(=O)C(N)c1ccccc1.Cl. The molecule has 2 N–H and O–H groups in total. The lowest BCUT2D eigenvalue weighted by Crippen LogP contribution is -2.21. The number of ketones is 1. The topological polar surface area (TPSA) is 43.1 Å². The first kappa shape index (κ1) is 17.1. The molecule has 0 fully saturated rings. The van der Waals surface area contributed by atoms with Crippen molar-refractivity contribution < 1.29 is 4.79 Å². The third kappa shape index (κ3) is 6.18. The monoisotopic (exact) mass is 269 g/mol. The Labute approximate surface area is 116 Å². The van der Waals surface area contributed by atoms with E-state index >= 15 is 0 Å². The molecule has 0 aromatic heterocycles. The summed E-state index contributed by atoms with van der Waals surface area (Å²) >= 11 is 0. The average molecular weight is 270 g/mol. The highest BCUT2D eigenvalue weighted by atomic mass is 35.5. The molecule has 0 aliphatic rings. The molecule has 0 heterocycles. The van der Waals surface area contributed by atoms with Crippen LogP contribution in [0.3, 0.4) is 0 Å². The highest BCUT2D eigenvalue weighted by Crippen LogP contribution is 2.14. The minimum atomic E-state index is -0.442. The van der Waals surface area contributed by atoms with Gasteiger partial charge in [-0.05, 0) is 12.0 Å². The summed E-state index contributed by atoms with van der Waals surface area (Å²) < 4.78 is 0. The molecule has 3 heteroatoms. The zero-order valence-electron chi connectivity index (χ0n) is 11.1. The van der Waals surface area contributed by atoms with E-state index in [1.165, 1.54) is 19.3 Å². The largest absolute Gasteiger partial charge is 0.318 e. The number of rotatable bonds is 8. The van der Waals surface area contributed by atoms with E-state index in [-0.39, 0.29) is 18.2 Å². The van der Waals surface area contributed by atoms with Gasteiger partial charge in [-0.25, -0.2) is 0 Å². The molecule has 0 saturated carbocycles. The third-order valence-corrected chi connectivity index (χ3v) is 3.03. The predicted octanol–water partition coefficient (Wildman–Crippen LogP) is 4.04. The van der Waals surface area contributed by atoms with E-state index in [0.717, 1.165) is 18.4 Å². The molecule has 1 unspecified atom stereocenters. The van der Waals surface area contributed by atoms with E-state index < -0.39 is 6.04 Å². The van der Waals surface area contributed by atoms with Gasteiger partial charge in [0, 0.05) is 6.42 Å². The molecule has 1 aromatic rings. The van der Waals surface area contributed by atoms with E-state index in [2.05, 4.69) is 6.92 Å².